The number of hydrogen-bond acceptors (Lipinski definition) is 7. The predicted molar refractivity (Wildman–Crippen MR) is 161 cm³/mol. The molecular formula is C32H41N2O6P. The third kappa shape index (κ3) is 10.6. The van der Waals surface area contributed by atoms with Gasteiger partial charge in [0.05, 0.1) is 13.2 Å². The second-order valence-electron chi connectivity index (χ2n) is 10.1. The molecule has 3 aromatic carbocycles. The summed E-state index contributed by atoms with van der Waals surface area (Å²) in [6.07, 6.45) is -0.654. The standard InChI is InChI=1S/C32H41N2O6P/c1-25(2)34(26(3)4)41(39-23-29-19-13-8-14-20-29)40-24-30(31(35)37-21-27-15-9-6-10-16-27)33(5)32(36)38-22-28-17-11-7-12-18-28/h6-20,25-26,30H,21-24H2,1-5H3/t30-,41?/m0/s1. The zero-order valence-electron chi connectivity index (χ0n) is 24.5. The number of amides is 1. The smallest absolute Gasteiger partial charge is 0.410 e. The van der Waals surface area contributed by atoms with Crippen LogP contribution in [0.3, 0.4) is 0 Å². The lowest BCUT2D eigenvalue weighted by Gasteiger charge is -2.36. The van der Waals surface area contributed by atoms with Crippen LogP contribution in [0.25, 0.3) is 0 Å². The Labute approximate surface area is 245 Å². The van der Waals surface area contributed by atoms with Crippen molar-refractivity contribution in [2.24, 2.45) is 0 Å². The second kappa shape index (κ2) is 16.8. The lowest BCUT2D eigenvalue weighted by Crippen LogP contribution is -2.46. The van der Waals surface area contributed by atoms with Crippen LogP contribution in [0, 0.1) is 0 Å². The van der Waals surface area contributed by atoms with Gasteiger partial charge in [-0.25, -0.2) is 14.3 Å². The second-order valence-corrected chi connectivity index (χ2v) is 11.6. The molecule has 0 saturated heterocycles. The van der Waals surface area contributed by atoms with Gasteiger partial charge in [-0.05, 0) is 44.4 Å². The lowest BCUT2D eigenvalue weighted by atomic mass is 10.2. The molecule has 0 radical (unpaired) electrons. The van der Waals surface area contributed by atoms with Crippen LogP contribution < -0.4 is 0 Å². The van der Waals surface area contributed by atoms with Crippen LogP contribution >= 0.6 is 8.53 Å². The highest BCUT2D eigenvalue weighted by Crippen LogP contribution is 2.46. The van der Waals surface area contributed by atoms with E-state index in [2.05, 4.69) is 32.4 Å². The normalized spacial score (nSPS) is 12.8. The maximum absolute atomic E-state index is 13.4. The van der Waals surface area contributed by atoms with E-state index in [1.165, 1.54) is 11.9 Å². The molecule has 3 aromatic rings. The molecule has 0 N–H and O–H groups in total. The average molecular weight is 581 g/mol. The van der Waals surface area contributed by atoms with Gasteiger partial charge in [0.25, 0.3) is 8.53 Å². The van der Waals surface area contributed by atoms with Crippen molar-refractivity contribution in [1.29, 1.82) is 0 Å². The van der Waals surface area contributed by atoms with E-state index >= 15 is 0 Å². The Morgan fingerprint density at radius 3 is 1.56 bits per heavy atom. The van der Waals surface area contributed by atoms with E-state index < -0.39 is 26.6 Å². The van der Waals surface area contributed by atoms with Gasteiger partial charge in [-0.3, -0.25) is 4.90 Å². The van der Waals surface area contributed by atoms with E-state index in [-0.39, 0.29) is 31.9 Å². The fourth-order valence-corrected chi connectivity index (χ4v) is 5.72. The van der Waals surface area contributed by atoms with Crippen LogP contribution in [0.1, 0.15) is 44.4 Å². The maximum atomic E-state index is 13.4. The Bertz CT molecular complexity index is 1170. The summed E-state index contributed by atoms with van der Waals surface area (Å²) in [5, 5.41) is 0. The van der Waals surface area contributed by atoms with Crippen molar-refractivity contribution in [3.63, 3.8) is 0 Å². The summed E-state index contributed by atoms with van der Waals surface area (Å²) in [4.78, 5) is 27.6. The molecule has 0 spiro atoms. The minimum absolute atomic E-state index is 0.0759. The number of ether oxygens (including phenoxy) is 2. The Balaban J connectivity index is 1.75. The zero-order chi connectivity index (χ0) is 29.6. The van der Waals surface area contributed by atoms with E-state index in [9.17, 15) is 9.59 Å². The summed E-state index contributed by atoms with van der Waals surface area (Å²) in [5.74, 6) is -0.591. The molecule has 0 saturated carbocycles. The molecule has 0 aromatic heterocycles. The van der Waals surface area contributed by atoms with Crippen molar-refractivity contribution in [3.8, 4) is 0 Å². The quantitative estimate of drug-likeness (QED) is 0.142. The highest BCUT2D eigenvalue weighted by molar-refractivity contribution is 7.44. The molecule has 0 aliphatic heterocycles. The van der Waals surface area contributed by atoms with Gasteiger partial charge in [-0.15, -0.1) is 0 Å². The molecule has 0 bridgehead atoms. The van der Waals surface area contributed by atoms with E-state index in [1.54, 1.807) is 0 Å². The SMILES string of the molecule is CC(C)N(C(C)C)P(OCc1ccccc1)OC[C@@H](C(=O)OCc1ccccc1)N(C)C(=O)OCc1ccccc1. The third-order valence-corrected chi connectivity index (χ3v) is 8.25. The van der Waals surface area contributed by atoms with E-state index in [0.29, 0.717) is 6.61 Å². The number of benzene rings is 3. The van der Waals surface area contributed by atoms with Gasteiger partial charge in [0.2, 0.25) is 0 Å². The van der Waals surface area contributed by atoms with Crippen molar-refractivity contribution < 1.29 is 28.1 Å². The molecule has 0 fully saturated rings. The molecule has 41 heavy (non-hydrogen) atoms. The first kappa shape index (κ1) is 32.2. The van der Waals surface area contributed by atoms with Gasteiger partial charge in [-0.1, -0.05) is 91.0 Å². The van der Waals surface area contributed by atoms with Gasteiger partial charge >= 0.3 is 12.1 Å². The number of esters is 1. The predicted octanol–water partition coefficient (Wildman–Crippen LogP) is 6.95. The van der Waals surface area contributed by atoms with Crippen molar-refractivity contribution >= 4 is 20.6 Å². The Kier molecular flexibility index (Phi) is 13.2. The first-order chi connectivity index (χ1) is 19.8. The van der Waals surface area contributed by atoms with Crippen molar-refractivity contribution in [2.45, 2.75) is 65.6 Å². The van der Waals surface area contributed by atoms with Gasteiger partial charge < -0.3 is 18.5 Å². The molecule has 3 rings (SSSR count). The number of likely N-dealkylation sites (N-methyl/N-ethyl adjacent to an activating group) is 1. The Morgan fingerprint density at radius 2 is 1.10 bits per heavy atom. The summed E-state index contributed by atoms with van der Waals surface area (Å²) < 4.78 is 25.9. The van der Waals surface area contributed by atoms with Crippen LogP contribution in [0.15, 0.2) is 91.0 Å². The molecule has 9 heteroatoms. The average Bonchev–Trinajstić information content (AvgIpc) is 2.98. The summed E-state index contributed by atoms with van der Waals surface area (Å²) in [7, 11) is -0.0636. The highest BCUT2D eigenvalue weighted by Gasteiger charge is 2.34. The number of carbonyl (C=O) groups is 2. The number of nitrogens with zero attached hydrogens (tertiary/aromatic N) is 2. The topological polar surface area (TPSA) is 77.5 Å². The third-order valence-electron chi connectivity index (χ3n) is 6.23. The molecule has 0 heterocycles. The zero-order valence-corrected chi connectivity index (χ0v) is 25.4. The Morgan fingerprint density at radius 1 is 0.659 bits per heavy atom. The molecule has 1 unspecified atom stereocenters. The Hall–Kier alpha value is -3.29. The highest BCUT2D eigenvalue weighted by atomic mass is 31.2. The summed E-state index contributed by atoms with van der Waals surface area (Å²) in [6.45, 7) is 8.67. The van der Waals surface area contributed by atoms with Crippen LogP contribution in [-0.2, 0) is 43.1 Å². The fourth-order valence-electron chi connectivity index (χ4n) is 4.09. The van der Waals surface area contributed by atoms with Crippen molar-refractivity contribution in [2.75, 3.05) is 13.7 Å². The maximum Gasteiger partial charge on any atom is 0.410 e. The molecule has 8 nitrogen and oxygen atoms in total. The summed E-state index contributed by atoms with van der Waals surface area (Å²) in [5.41, 5.74) is 2.70. The number of rotatable bonds is 15. The lowest BCUT2D eigenvalue weighted by molar-refractivity contribution is -0.151. The minimum atomic E-state index is -1.58. The van der Waals surface area contributed by atoms with Crippen molar-refractivity contribution in [1.82, 2.24) is 9.57 Å². The number of carbonyl (C=O) groups excluding carboxylic acids is 2. The molecule has 0 aliphatic carbocycles. The fraction of sp³-hybridized carbons (Fsp3) is 0.375. The van der Waals surface area contributed by atoms with E-state index in [1.807, 2.05) is 91.0 Å². The molecule has 0 aliphatic rings. The number of hydrogen-bond donors (Lipinski definition) is 0. The molecule has 1 amide bonds. The van der Waals surface area contributed by atoms with Crippen LogP contribution in [0.5, 0.6) is 0 Å². The van der Waals surface area contributed by atoms with Crippen LogP contribution in [0.4, 0.5) is 4.79 Å². The van der Waals surface area contributed by atoms with E-state index in [4.69, 9.17) is 18.5 Å². The summed E-state index contributed by atoms with van der Waals surface area (Å²) in [6, 6.07) is 27.8. The van der Waals surface area contributed by atoms with Gasteiger partial charge in [-0.2, -0.15) is 0 Å². The van der Waals surface area contributed by atoms with Crippen molar-refractivity contribution in [3.05, 3.63) is 108 Å². The largest absolute Gasteiger partial charge is 0.459 e. The molecule has 220 valence electrons. The first-order valence-corrected chi connectivity index (χ1v) is 14.9. The van der Waals surface area contributed by atoms with E-state index in [0.717, 1.165) is 16.7 Å². The van der Waals surface area contributed by atoms with Gasteiger partial charge in [0.1, 0.15) is 13.2 Å². The van der Waals surface area contributed by atoms with Crippen LogP contribution in [-0.4, -0.2) is 53.4 Å². The molecule has 2 atom stereocenters. The first-order valence-electron chi connectivity index (χ1n) is 13.8. The van der Waals surface area contributed by atoms with Crippen LogP contribution in [0.2, 0.25) is 0 Å². The summed E-state index contributed by atoms with van der Waals surface area (Å²) >= 11 is 0. The minimum Gasteiger partial charge on any atom is -0.459 e. The van der Waals surface area contributed by atoms with Gasteiger partial charge in [0, 0.05) is 19.1 Å². The molecular weight excluding hydrogens is 539 g/mol. The van der Waals surface area contributed by atoms with Gasteiger partial charge in [0.15, 0.2) is 6.04 Å². The monoisotopic (exact) mass is 580 g/mol.